The molecule has 0 unspecified atom stereocenters. The van der Waals surface area contributed by atoms with Gasteiger partial charge in [0, 0.05) is 0 Å². The number of hydrogen-bond acceptors (Lipinski definition) is 4. The molecule has 0 aliphatic carbocycles. The fourth-order valence-electron chi connectivity index (χ4n) is 3.38. The minimum atomic E-state index is -0.855. The van der Waals surface area contributed by atoms with Gasteiger partial charge in [-0.1, -0.05) is 38.1 Å². The number of carbonyl (C=O) groups is 4. The van der Waals surface area contributed by atoms with Crippen LogP contribution in [0.15, 0.2) is 24.3 Å². The summed E-state index contributed by atoms with van der Waals surface area (Å²) in [4.78, 5) is 51.6. The molecular weight excluding hydrogens is 360 g/mol. The summed E-state index contributed by atoms with van der Waals surface area (Å²) < 4.78 is 0. The van der Waals surface area contributed by atoms with Crippen LogP contribution in [-0.4, -0.2) is 44.8 Å². The smallest absolute Gasteiger partial charge is 0.323 e. The Morgan fingerprint density at radius 3 is 1.29 bits per heavy atom. The van der Waals surface area contributed by atoms with Crippen LogP contribution < -0.4 is 10.6 Å². The molecule has 150 valence electrons. The molecule has 3 rings (SSSR count). The molecule has 0 radical (unpaired) electrons. The van der Waals surface area contributed by atoms with Gasteiger partial charge in [0.05, 0.1) is 13.1 Å². The predicted octanol–water partition coefficient (Wildman–Crippen LogP) is 2.13. The molecule has 2 atom stereocenters. The second kappa shape index (κ2) is 6.92. The first-order chi connectivity index (χ1) is 13.1. The highest BCUT2D eigenvalue weighted by atomic mass is 16.2. The van der Waals surface area contributed by atoms with E-state index >= 15 is 0 Å². The van der Waals surface area contributed by atoms with E-state index in [-0.39, 0.29) is 24.9 Å². The average molecular weight is 386 g/mol. The van der Waals surface area contributed by atoms with Crippen LogP contribution in [0, 0.1) is 0 Å². The first-order valence-electron chi connectivity index (χ1n) is 9.49. The molecule has 0 saturated carbocycles. The molecule has 2 fully saturated rings. The Bertz CT molecular complexity index is 768. The van der Waals surface area contributed by atoms with Crippen LogP contribution in [0.25, 0.3) is 0 Å². The van der Waals surface area contributed by atoms with Crippen LogP contribution in [0.1, 0.15) is 51.7 Å². The van der Waals surface area contributed by atoms with Crippen molar-refractivity contribution in [3.8, 4) is 0 Å². The molecule has 1 aromatic rings. The van der Waals surface area contributed by atoms with Crippen molar-refractivity contribution >= 4 is 23.9 Å². The zero-order valence-corrected chi connectivity index (χ0v) is 16.7. The van der Waals surface area contributed by atoms with Gasteiger partial charge in [-0.25, -0.2) is 9.59 Å². The number of rotatable bonds is 6. The van der Waals surface area contributed by atoms with Crippen molar-refractivity contribution in [1.29, 1.82) is 0 Å². The SMILES string of the molecule is CC[C@@]1(C)NC(=O)N(Cc2ccc(CN3C(=O)N[C@@](C)(CC)C3=O)cc2)C1=O. The molecule has 28 heavy (non-hydrogen) atoms. The van der Waals surface area contributed by atoms with Gasteiger partial charge in [-0.15, -0.1) is 0 Å². The Kier molecular flexibility index (Phi) is 4.91. The quantitative estimate of drug-likeness (QED) is 0.732. The third kappa shape index (κ3) is 3.23. The lowest BCUT2D eigenvalue weighted by Gasteiger charge is -2.20. The Labute approximate surface area is 164 Å². The molecular formula is C20H26N4O4. The highest BCUT2D eigenvalue weighted by Gasteiger charge is 2.47. The Morgan fingerprint density at radius 1 is 0.714 bits per heavy atom. The van der Waals surface area contributed by atoms with Crippen molar-refractivity contribution in [3.63, 3.8) is 0 Å². The Morgan fingerprint density at radius 2 is 1.04 bits per heavy atom. The van der Waals surface area contributed by atoms with Crippen molar-refractivity contribution in [1.82, 2.24) is 20.4 Å². The minimum absolute atomic E-state index is 0.178. The fraction of sp³-hybridized carbons (Fsp3) is 0.500. The maximum Gasteiger partial charge on any atom is 0.325 e. The van der Waals surface area contributed by atoms with E-state index in [1.807, 2.05) is 13.8 Å². The zero-order chi connectivity index (χ0) is 20.7. The number of nitrogens with one attached hydrogen (secondary N) is 2. The molecule has 2 N–H and O–H groups in total. The van der Waals surface area contributed by atoms with Crippen LogP contribution in [-0.2, 0) is 22.7 Å². The number of amides is 6. The molecule has 2 saturated heterocycles. The van der Waals surface area contributed by atoms with Gasteiger partial charge in [-0.2, -0.15) is 0 Å². The van der Waals surface area contributed by atoms with E-state index in [2.05, 4.69) is 10.6 Å². The van der Waals surface area contributed by atoms with E-state index in [0.29, 0.717) is 12.8 Å². The summed E-state index contributed by atoms with van der Waals surface area (Å²) in [5, 5.41) is 5.46. The summed E-state index contributed by atoms with van der Waals surface area (Å²) in [6.45, 7) is 7.51. The number of urea groups is 2. The molecule has 6 amide bonds. The zero-order valence-electron chi connectivity index (χ0n) is 16.7. The number of hydrogen-bond donors (Lipinski definition) is 2. The van der Waals surface area contributed by atoms with Gasteiger partial charge in [0.2, 0.25) is 0 Å². The van der Waals surface area contributed by atoms with E-state index in [1.54, 1.807) is 38.1 Å². The normalized spacial score (nSPS) is 27.4. The first kappa shape index (κ1) is 19.9. The second-order valence-electron chi connectivity index (χ2n) is 7.83. The molecule has 2 aliphatic rings. The van der Waals surface area contributed by atoms with Gasteiger partial charge < -0.3 is 10.6 Å². The predicted molar refractivity (Wildman–Crippen MR) is 102 cm³/mol. The monoisotopic (exact) mass is 386 g/mol. The Hall–Kier alpha value is -2.90. The summed E-state index contributed by atoms with van der Waals surface area (Å²) in [6.07, 6.45) is 1.05. The summed E-state index contributed by atoms with van der Waals surface area (Å²) in [7, 11) is 0. The van der Waals surface area contributed by atoms with Crippen molar-refractivity contribution in [2.24, 2.45) is 0 Å². The van der Waals surface area contributed by atoms with Crippen LogP contribution in [0.4, 0.5) is 9.59 Å². The maximum atomic E-state index is 12.5. The van der Waals surface area contributed by atoms with E-state index in [1.165, 1.54) is 9.80 Å². The largest absolute Gasteiger partial charge is 0.325 e. The highest BCUT2D eigenvalue weighted by molar-refractivity contribution is 6.07. The van der Waals surface area contributed by atoms with Crippen LogP contribution in [0.5, 0.6) is 0 Å². The maximum absolute atomic E-state index is 12.5. The van der Waals surface area contributed by atoms with Crippen molar-refractivity contribution in [2.45, 2.75) is 64.7 Å². The molecule has 0 spiro atoms. The lowest BCUT2D eigenvalue weighted by Crippen LogP contribution is -2.43. The van der Waals surface area contributed by atoms with E-state index in [4.69, 9.17) is 0 Å². The highest BCUT2D eigenvalue weighted by Crippen LogP contribution is 2.24. The van der Waals surface area contributed by atoms with Crippen LogP contribution >= 0.6 is 0 Å². The molecule has 0 aromatic heterocycles. The van der Waals surface area contributed by atoms with Crippen molar-refractivity contribution in [3.05, 3.63) is 35.4 Å². The van der Waals surface area contributed by atoms with Crippen LogP contribution in [0.2, 0.25) is 0 Å². The fourth-order valence-corrected chi connectivity index (χ4v) is 3.38. The second-order valence-corrected chi connectivity index (χ2v) is 7.83. The van der Waals surface area contributed by atoms with E-state index in [9.17, 15) is 19.2 Å². The average Bonchev–Trinajstić information content (AvgIpc) is 3.02. The first-order valence-corrected chi connectivity index (χ1v) is 9.49. The summed E-state index contributed by atoms with van der Waals surface area (Å²) in [6, 6.07) is 6.42. The van der Waals surface area contributed by atoms with Gasteiger partial charge in [0.25, 0.3) is 11.8 Å². The molecule has 0 bridgehead atoms. The minimum Gasteiger partial charge on any atom is -0.323 e. The van der Waals surface area contributed by atoms with Gasteiger partial charge in [-0.05, 0) is 37.8 Å². The molecule has 2 aliphatic heterocycles. The van der Waals surface area contributed by atoms with Crippen LogP contribution in [0.3, 0.4) is 0 Å². The molecule has 8 nitrogen and oxygen atoms in total. The van der Waals surface area contributed by atoms with Crippen molar-refractivity contribution in [2.75, 3.05) is 0 Å². The summed E-state index contributed by atoms with van der Waals surface area (Å²) in [5.74, 6) is -0.468. The number of nitrogens with zero attached hydrogens (tertiary/aromatic N) is 2. The summed E-state index contributed by atoms with van der Waals surface area (Å²) in [5.41, 5.74) is -0.120. The number of benzene rings is 1. The van der Waals surface area contributed by atoms with Gasteiger partial charge >= 0.3 is 12.1 Å². The van der Waals surface area contributed by atoms with E-state index < -0.39 is 23.1 Å². The third-order valence-corrected chi connectivity index (χ3v) is 5.81. The molecule has 2 heterocycles. The lowest BCUT2D eigenvalue weighted by molar-refractivity contribution is -0.132. The van der Waals surface area contributed by atoms with Gasteiger partial charge in [0.1, 0.15) is 11.1 Å². The molecule has 1 aromatic carbocycles. The van der Waals surface area contributed by atoms with Crippen molar-refractivity contribution < 1.29 is 19.2 Å². The Balaban J connectivity index is 1.68. The number of carbonyl (C=O) groups excluding carboxylic acids is 4. The summed E-state index contributed by atoms with van der Waals surface area (Å²) >= 11 is 0. The van der Waals surface area contributed by atoms with Gasteiger partial charge in [0.15, 0.2) is 0 Å². The number of imide groups is 2. The standard InChI is InChI=1S/C20H26N4O4/c1-5-19(3)15(25)23(17(27)21-19)11-13-7-9-14(10-8-13)12-24-16(26)20(4,6-2)22-18(24)28/h7-10H,5-6,11-12H2,1-4H3,(H,21,27)(H,22,28)/t19-,20+. The lowest BCUT2D eigenvalue weighted by atomic mass is 9.99. The van der Waals surface area contributed by atoms with E-state index in [0.717, 1.165) is 11.1 Å². The molecule has 8 heteroatoms. The third-order valence-electron chi connectivity index (χ3n) is 5.81. The van der Waals surface area contributed by atoms with Gasteiger partial charge in [-0.3, -0.25) is 19.4 Å². The topological polar surface area (TPSA) is 98.8 Å².